The highest BCUT2D eigenvalue weighted by Crippen LogP contribution is 2.43. The van der Waals surface area contributed by atoms with E-state index in [1.165, 1.54) is 12.1 Å². The van der Waals surface area contributed by atoms with Crippen LogP contribution in [-0.4, -0.2) is 6.54 Å². The molecule has 1 N–H and O–H groups in total. The van der Waals surface area contributed by atoms with Gasteiger partial charge in [-0.2, -0.15) is 0 Å². The molecular weight excluding hydrogens is 355 g/mol. The molecule has 0 saturated carbocycles. The highest BCUT2D eigenvalue weighted by atomic mass is 35.5. The Morgan fingerprint density at radius 1 is 1.00 bits per heavy atom. The van der Waals surface area contributed by atoms with E-state index in [0.717, 1.165) is 6.54 Å². The number of hydrogen-bond acceptors (Lipinski definition) is 1. The third kappa shape index (κ3) is 3.64. The largest absolute Gasteiger partial charge is 0.313 e. The van der Waals surface area contributed by atoms with Gasteiger partial charge in [0.05, 0.1) is 20.1 Å². The van der Waals surface area contributed by atoms with Crippen LogP contribution in [0.1, 0.15) is 12.5 Å². The zero-order chi connectivity index (χ0) is 15.6. The Kier molecular flexibility index (Phi) is 5.75. The fourth-order valence-electron chi connectivity index (χ4n) is 1.95. The zero-order valence-corrected chi connectivity index (χ0v) is 14.1. The highest BCUT2D eigenvalue weighted by molar-refractivity contribution is 6.50. The molecule has 0 amide bonds. The Balaban J connectivity index is 2.57. The summed E-state index contributed by atoms with van der Waals surface area (Å²) in [5, 5.41) is 4.28. The van der Waals surface area contributed by atoms with Crippen LogP contribution in [0.4, 0.5) is 4.39 Å². The molecule has 0 aliphatic rings. The minimum Gasteiger partial charge on any atom is -0.313 e. The molecule has 0 aliphatic carbocycles. The van der Waals surface area contributed by atoms with Crippen LogP contribution in [0.15, 0.2) is 24.3 Å². The van der Waals surface area contributed by atoms with Crippen molar-refractivity contribution in [2.75, 3.05) is 6.54 Å². The number of benzene rings is 2. The van der Waals surface area contributed by atoms with E-state index in [1.54, 1.807) is 12.1 Å². The molecule has 6 heteroatoms. The lowest BCUT2D eigenvalue weighted by Crippen LogP contribution is -2.13. The Labute approximate surface area is 143 Å². The average molecular weight is 367 g/mol. The van der Waals surface area contributed by atoms with Gasteiger partial charge in [0, 0.05) is 17.7 Å². The molecule has 1 nitrogen and oxygen atoms in total. The third-order valence-electron chi connectivity index (χ3n) is 3.01. The third-order valence-corrected chi connectivity index (χ3v) is 4.59. The molecule has 0 heterocycles. The second-order valence-electron chi connectivity index (χ2n) is 4.43. The van der Waals surface area contributed by atoms with Crippen molar-refractivity contribution in [2.45, 2.75) is 13.5 Å². The summed E-state index contributed by atoms with van der Waals surface area (Å²) >= 11 is 24.5. The van der Waals surface area contributed by atoms with Gasteiger partial charge in [-0.15, -0.1) is 0 Å². The molecule has 0 fully saturated rings. The molecule has 0 bridgehead atoms. The number of halogens is 5. The molecule has 0 spiro atoms. The first-order valence-corrected chi connectivity index (χ1v) is 7.79. The van der Waals surface area contributed by atoms with Crippen molar-refractivity contribution in [1.29, 1.82) is 0 Å². The first-order valence-electron chi connectivity index (χ1n) is 6.28. The van der Waals surface area contributed by atoms with Crippen LogP contribution < -0.4 is 5.32 Å². The van der Waals surface area contributed by atoms with E-state index in [0.29, 0.717) is 43.3 Å². The van der Waals surface area contributed by atoms with E-state index in [1.807, 2.05) is 6.92 Å². The maximum absolute atomic E-state index is 13.8. The zero-order valence-electron chi connectivity index (χ0n) is 11.1. The molecular formula is C15H12Cl4FN. The van der Waals surface area contributed by atoms with Gasteiger partial charge in [0.15, 0.2) is 0 Å². The SMILES string of the molecule is CCNCc1cc(-c2c(Cl)c(Cl)cc(Cl)c2Cl)ccc1F. The van der Waals surface area contributed by atoms with Gasteiger partial charge in [-0.1, -0.05) is 59.4 Å². The summed E-state index contributed by atoms with van der Waals surface area (Å²) in [5.41, 5.74) is 1.70. The Bertz CT molecular complexity index is 647. The molecule has 2 aromatic rings. The van der Waals surface area contributed by atoms with Crippen molar-refractivity contribution in [2.24, 2.45) is 0 Å². The predicted octanol–water partition coefficient (Wildman–Crippen LogP) is 6.22. The van der Waals surface area contributed by atoms with Crippen LogP contribution >= 0.6 is 46.4 Å². The van der Waals surface area contributed by atoms with Crippen LogP contribution in [0.5, 0.6) is 0 Å². The highest BCUT2D eigenvalue weighted by Gasteiger charge is 2.16. The van der Waals surface area contributed by atoms with Crippen LogP contribution in [0.25, 0.3) is 11.1 Å². The number of nitrogens with one attached hydrogen (secondary N) is 1. The molecule has 112 valence electrons. The summed E-state index contributed by atoms with van der Waals surface area (Å²) in [4.78, 5) is 0. The summed E-state index contributed by atoms with van der Waals surface area (Å²) in [6.45, 7) is 3.11. The molecule has 0 atom stereocenters. The van der Waals surface area contributed by atoms with E-state index in [4.69, 9.17) is 46.4 Å². The quantitative estimate of drug-likeness (QED) is 0.633. The molecule has 0 saturated heterocycles. The molecule has 0 aliphatic heterocycles. The van der Waals surface area contributed by atoms with Crippen molar-refractivity contribution in [3.8, 4) is 11.1 Å². The number of hydrogen-bond donors (Lipinski definition) is 1. The van der Waals surface area contributed by atoms with Gasteiger partial charge < -0.3 is 5.32 Å². The second-order valence-corrected chi connectivity index (χ2v) is 6.00. The smallest absolute Gasteiger partial charge is 0.127 e. The summed E-state index contributed by atoms with van der Waals surface area (Å²) < 4.78 is 13.8. The van der Waals surface area contributed by atoms with Crippen molar-refractivity contribution < 1.29 is 4.39 Å². The lowest BCUT2D eigenvalue weighted by atomic mass is 10.0. The predicted molar refractivity (Wildman–Crippen MR) is 89.3 cm³/mol. The summed E-state index contributed by atoms with van der Waals surface area (Å²) in [7, 11) is 0. The molecule has 2 aromatic carbocycles. The van der Waals surface area contributed by atoms with E-state index in [2.05, 4.69) is 5.32 Å². The lowest BCUT2D eigenvalue weighted by Gasteiger charge is -2.12. The van der Waals surface area contributed by atoms with Gasteiger partial charge in [-0.3, -0.25) is 0 Å². The van der Waals surface area contributed by atoms with Crippen LogP contribution in [0.3, 0.4) is 0 Å². The summed E-state index contributed by atoms with van der Waals surface area (Å²) in [6.07, 6.45) is 0. The second kappa shape index (κ2) is 7.17. The summed E-state index contributed by atoms with van der Waals surface area (Å²) in [5.74, 6) is -0.292. The normalized spacial score (nSPS) is 11.0. The minimum absolute atomic E-state index is 0.292. The van der Waals surface area contributed by atoms with Crippen LogP contribution in [0.2, 0.25) is 20.1 Å². The van der Waals surface area contributed by atoms with Gasteiger partial charge >= 0.3 is 0 Å². The standard InChI is InChI=1S/C15H12Cl4FN/c1-2-21-7-9-5-8(3-4-12(9)20)13-14(18)10(16)6-11(17)15(13)19/h3-6,21H,2,7H2,1H3. The van der Waals surface area contributed by atoms with E-state index < -0.39 is 0 Å². The van der Waals surface area contributed by atoms with E-state index in [9.17, 15) is 4.39 Å². The molecule has 0 unspecified atom stereocenters. The first-order chi connectivity index (χ1) is 9.95. The lowest BCUT2D eigenvalue weighted by molar-refractivity contribution is 0.593. The Hall–Kier alpha value is -0.510. The fraction of sp³-hybridized carbons (Fsp3) is 0.200. The maximum atomic E-state index is 13.8. The molecule has 21 heavy (non-hydrogen) atoms. The molecule has 0 radical (unpaired) electrons. The fourth-order valence-corrected chi connectivity index (χ4v) is 2.98. The number of rotatable bonds is 4. The average Bonchev–Trinajstić information content (AvgIpc) is 2.45. The van der Waals surface area contributed by atoms with Crippen molar-refractivity contribution in [3.05, 3.63) is 55.7 Å². The van der Waals surface area contributed by atoms with E-state index in [-0.39, 0.29) is 5.82 Å². The topological polar surface area (TPSA) is 12.0 Å². The Morgan fingerprint density at radius 2 is 1.62 bits per heavy atom. The monoisotopic (exact) mass is 365 g/mol. The minimum atomic E-state index is -0.292. The van der Waals surface area contributed by atoms with Crippen molar-refractivity contribution >= 4 is 46.4 Å². The van der Waals surface area contributed by atoms with Crippen LogP contribution in [-0.2, 0) is 6.54 Å². The van der Waals surface area contributed by atoms with Gasteiger partial charge in [0.2, 0.25) is 0 Å². The van der Waals surface area contributed by atoms with Crippen LogP contribution in [0, 0.1) is 5.82 Å². The Morgan fingerprint density at radius 3 is 2.19 bits per heavy atom. The van der Waals surface area contributed by atoms with Gasteiger partial charge in [-0.05, 0) is 30.3 Å². The van der Waals surface area contributed by atoms with E-state index >= 15 is 0 Å². The summed E-state index contributed by atoms with van der Waals surface area (Å²) in [6, 6.07) is 6.16. The van der Waals surface area contributed by atoms with Gasteiger partial charge in [-0.25, -0.2) is 4.39 Å². The molecule has 2 rings (SSSR count). The van der Waals surface area contributed by atoms with Crippen molar-refractivity contribution in [1.82, 2.24) is 5.32 Å². The van der Waals surface area contributed by atoms with Gasteiger partial charge in [0.25, 0.3) is 0 Å². The van der Waals surface area contributed by atoms with Gasteiger partial charge in [0.1, 0.15) is 5.82 Å². The van der Waals surface area contributed by atoms with Crippen molar-refractivity contribution in [3.63, 3.8) is 0 Å². The first kappa shape index (κ1) is 16.9. The maximum Gasteiger partial charge on any atom is 0.127 e. The molecule has 0 aromatic heterocycles.